The maximum absolute atomic E-state index is 4.90. The van der Waals surface area contributed by atoms with Gasteiger partial charge in [0, 0.05) is 23.1 Å². The summed E-state index contributed by atoms with van der Waals surface area (Å²) in [5.41, 5.74) is 7.20. The Morgan fingerprint density at radius 2 is 1.80 bits per heavy atom. The number of benzene rings is 2. The van der Waals surface area contributed by atoms with Gasteiger partial charge >= 0.3 is 0 Å². The van der Waals surface area contributed by atoms with Gasteiger partial charge in [0.15, 0.2) is 0 Å². The molecule has 2 aromatic rings. The second-order valence-corrected chi connectivity index (χ2v) is 5.39. The van der Waals surface area contributed by atoms with Crippen LogP contribution in [-0.2, 0) is 6.42 Å². The van der Waals surface area contributed by atoms with Crippen molar-refractivity contribution in [2.75, 3.05) is 0 Å². The molecule has 1 N–H and O–H groups in total. The zero-order valence-corrected chi connectivity index (χ0v) is 10.9. The predicted octanol–water partition coefficient (Wildman–Crippen LogP) is 4.24. The van der Waals surface area contributed by atoms with Crippen molar-refractivity contribution < 1.29 is 0 Å². The minimum Gasteiger partial charge on any atom is -0.355 e. The SMILES string of the molecule is c1ccc2c(c1)Cc1[nH]c3c4ccccc4cc-3nc1-2. The van der Waals surface area contributed by atoms with E-state index < -0.39 is 0 Å². The smallest absolute Gasteiger partial charge is 0.0909 e. The van der Waals surface area contributed by atoms with Gasteiger partial charge in [-0.2, -0.15) is 0 Å². The van der Waals surface area contributed by atoms with Gasteiger partial charge < -0.3 is 4.98 Å². The fraction of sp³-hybridized carbons (Fsp3) is 0.0556. The number of rotatable bonds is 0. The molecule has 0 aromatic heterocycles. The average molecular weight is 256 g/mol. The first-order chi connectivity index (χ1) is 9.90. The normalized spacial score (nSPS) is 12.8. The lowest BCUT2D eigenvalue weighted by molar-refractivity contribution is 1.10. The first-order valence-electron chi connectivity index (χ1n) is 6.89. The highest BCUT2D eigenvalue weighted by atomic mass is 14.9. The minimum atomic E-state index is 0.952. The average Bonchev–Trinajstić information content (AvgIpc) is 3.02. The third kappa shape index (κ3) is 1.21. The molecule has 0 bridgehead atoms. The molecule has 0 atom stereocenters. The highest BCUT2D eigenvalue weighted by Crippen LogP contribution is 2.39. The monoisotopic (exact) mass is 256 g/mol. The fourth-order valence-electron chi connectivity index (χ4n) is 3.27. The molecule has 0 unspecified atom stereocenters. The third-order valence-electron chi connectivity index (χ3n) is 4.21. The molecule has 0 fully saturated rings. The molecule has 0 radical (unpaired) electrons. The Balaban J connectivity index is 1.88. The number of H-pyrrole nitrogens is 1. The number of fused-ring (bicyclic) bond motifs is 6. The standard InChI is InChI=1S/C18H12N2/c1-3-7-13-11(5-1)9-15-17(13)20-16-10-12-6-2-4-8-14(12)18(16)19-15/h1-9,20H,10H2. The van der Waals surface area contributed by atoms with Crippen LogP contribution >= 0.6 is 0 Å². The molecule has 2 nitrogen and oxygen atoms in total. The summed E-state index contributed by atoms with van der Waals surface area (Å²) in [5, 5.41) is 2.51. The summed E-state index contributed by atoms with van der Waals surface area (Å²) in [7, 11) is 0. The molecule has 3 aliphatic rings. The Morgan fingerprint density at radius 1 is 0.950 bits per heavy atom. The maximum Gasteiger partial charge on any atom is 0.0909 e. The van der Waals surface area contributed by atoms with Crippen LogP contribution in [0.5, 0.6) is 0 Å². The zero-order valence-electron chi connectivity index (χ0n) is 10.9. The summed E-state index contributed by atoms with van der Waals surface area (Å²) in [6, 6.07) is 19.2. The van der Waals surface area contributed by atoms with Gasteiger partial charge in [0.2, 0.25) is 0 Å². The van der Waals surface area contributed by atoms with Gasteiger partial charge in [-0.3, -0.25) is 0 Å². The lowest BCUT2D eigenvalue weighted by atomic mass is 10.1. The van der Waals surface area contributed by atoms with Gasteiger partial charge in [0.1, 0.15) is 0 Å². The Kier molecular flexibility index (Phi) is 1.78. The van der Waals surface area contributed by atoms with E-state index in [-0.39, 0.29) is 0 Å². The minimum absolute atomic E-state index is 0.952. The topological polar surface area (TPSA) is 28.7 Å². The van der Waals surface area contributed by atoms with Gasteiger partial charge in [-0.05, 0) is 17.0 Å². The summed E-state index contributed by atoms with van der Waals surface area (Å²) >= 11 is 0. The van der Waals surface area contributed by atoms with E-state index in [2.05, 4.69) is 59.6 Å². The number of nitrogens with one attached hydrogen (secondary N) is 1. The van der Waals surface area contributed by atoms with E-state index in [1.54, 1.807) is 0 Å². The molecule has 0 saturated heterocycles. The van der Waals surface area contributed by atoms with Crippen molar-refractivity contribution in [3.05, 3.63) is 65.9 Å². The molecule has 2 heteroatoms. The lowest BCUT2D eigenvalue weighted by Gasteiger charge is -2.06. The van der Waals surface area contributed by atoms with Crippen LogP contribution in [0.15, 0.2) is 54.6 Å². The number of hydrogen-bond donors (Lipinski definition) is 1. The molecular weight excluding hydrogens is 244 g/mol. The first-order valence-corrected chi connectivity index (χ1v) is 6.89. The van der Waals surface area contributed by atoms with Crippen molar-refractivity contribution in [2.24, 2.45) is 0 Å². The first kappa shape index (κ1) is 10.2. The maximum atomic E-state index is 4.90. The van der Waals surface area contributed by atoms with Crippen molar-refractivity contribution in [3.8, 4) is 22.6 Å². The van der Waals surface area contributed by atoms with Gasteiger partial charge in [-0.25, -0.2) is 4.98 Å². The van der Waals surface area contributed by atoms with E-state index in [4.69, 9.17) is 4.98 Å². The number of hydrogen-bond acceptors (Lipinski definition) is 1. The lowest BCUT2D eigenvalue weighted by Crippen LogP contribution is -1.94. The van der Waals surface area contributed by atoms with Gasteiger partial charge in [0.25, 0.3) is 0 Å². The van der Waals surface area contributed by atoms with Crippen LogP contribution in [0.1, 0.15) is 11.3 Å². The molecule has 2 aliphatic carbocycles. The summed E-state index contributed by atoms with van der Waals surface area (Å²) in [6.45, 7) is 0. The van der Waals surface area contributed by atoms with Crippen LogP contribution in [-0.4, -0.2) is 9.97 Å². The second-order valence-electron chi connectivity index (χ2n) is 5.39. The summed E-state index contributed by atoms with van der Waals surface area (Å²) in [5.74, 6) is 0. The predicted molar refractivity (Wildman–Crippen MR) is 81.0 cm³/mol. The third-order valence-corrected chi connectivity index (χ3v) is 4.21. The molecule has 0 amide bonds. The number of aromatic nitrogens is 2. The molecule has 20 heavy (non-hydrogen) atoms. The molecular formula is C18H12N2. The fourth-order valence-corrected chi connectivity index (χ4v) is 3.27. The van der Waals surface area contributed by atoms with Gasteiger partial charge in [-0.1, -0.05) is 48.5 Å². The van der Waals surface area contributed by atoms with E-state index in [0.717, 1.165) is 23.5 Å². The van der Waals surface area contributed by atoms with Crippen molar-refractivity contribution >= 4 is 10.8 Å². The van der Waals surface area contributed by atoms with Crippen LogP contribution in [0.3, 0.4) is 0 Å². The Hall–Kier alpha value is -2.61. The molecule has 0 saturated carbocycles. The highest BCUT2D eigenvalue weighted by Gasteiger charge is 2.23. The molecule has 94 valence electrons. The Labute approximate surface area is 116 Å². The number of nitrogens with zero attached hydrogens (tertiary/aromatic N) is 1. The molecule has 2 aromatic carbocycles. The largest absolute Gasteiger partial charge is 0.355 e. The Bertz CT molecular complexity index is 933. The summed E-state index contributed by atoms with van der Waals surface area (Å²) < 4.78 is 0. The zero-order chi connectivity index (χ0) is 13.1. The summed E-state index contributed by atoms with van der Waals surface area (Å²) in [6.07, 6.45) is 0.952. The molecule has 1 aliphatic heterocycles. The van der Waals surface area contributed by atoms with Gasteiger partial charge in [0.05, 0.1) is 17.1 Å². The van der Waals surface area contributed by atoms with Crippen LogP contribution in [0.4, 0.5) is 0 Å². The van der Waals surface area contributed by atoms with Crippen molar-refractivity contribution in [3.63, 3.8) is 0 Å². The van der Waals surface area contributed by atoms with Crippen LogP contribution in [0.25, 0.3) is 33.4 Å². The van der Waals surface area contributed by atoms with Gasteiger partial charge in [-0.15, -0.1) is 0 Å². The van der Waals surface area contributed by atoms with Crippen LogP contribution < -0.4 is 0 Å². The van der Waals surface area contributed by atoms with Crippen molar-refractivity contribution in [1.29, 1.82) is 0 Å². The van der Waals surface area contributed by atoms with E-state index in [0.29, 0.717) is 0 Å². The van der Waals surface area contributed by atoms with Crippen LogP contribution in [0, 0.1) is 0 Å². The summed E-state index contributed by atoms with van der Waals surface area (Å²) in [4.78, 5) is 8.52. The van der Waals surface area contributed by atoms with Crippen molar-refractivity contribution in [1.82, 2.24) is 9.97 Å². The Morgan fingerprint density at radius 3 is 2.80 bits per heavy atom. The highest BCUT2D eigenvalue weighted by molar-refractivity contribution is 6.00. The van der Waals surface area contributed by atoms with E-state index in [1.807, 2.05) is 0 Å². The molecule has 5 rings (SSSR count). The van der Waals surface area contributed by atoms with E-state index in [1.165, 1.54) is 27.6 Å². The second kappa shape index (κ2) is 3.48. The van der Waals surface area contributed by atoms with Crippen molar-refractivity contribution in [2.45, 2.75) is 6.42 Å². The molecule has 1 heterocycles. The van der Waals surface area contributed by atoms with E-state index >= 15 is 0 Å². The van der Waals surface area contributed by atoms with Crippen LogP contribution in [0.2, 0.25) is 0 Å². The number of aromatic amines is 1. The van der Waals surface area contributed by atoms with E-state index in [9.17, 15) is 0 Å². The molecule has 0 spiro atoms. The quantitative estimate of drug-likeness (QED) is 0.441.